The van der Waals surface area contributed by atoms with Gasteiger partial charge in [0.05, 0.1) is 4.90 Å². The summed E-state index contributed by atoms with van der Waals surface area (Å²) < 4.78 is 25.7. The highest BCUT2D eigenvalue weighted by Gasteiger charge is 2.25. The molecule has 0 amide bonds. The Morgan fingerprint density at radius 1 is 1.14 bits per heavy atom. The fourth-order valence-electron chi connectivity index (χ4n) is 1.36. The van der Waals surface area contributed by atoms with Crippen LogP contribution in [-0.4, -0.2) is 36.6 Å². The molecule has 9 nitrogen and oxygen atoms in total. The maximum atomic E-state index is 11.9. The SMILES string of the molecule is NN.O=C(O)CC[C@@H](NS(=O)(=O)c1ccccc1)C(=O)O. The molecular formula is C11H17N3O6S. The largest absolute Gasteiger partial charge is 0.481 e. The van der Waals surface area contributed by atoms with E-state index in [-0.39, 0.29) is 11.3 Å². The van der Waals surface area contributed by atoms with Crippen LogP contribution in [0.4, 0.5) is 0 Å². The number of hydrogen-bond donors (Lipinski definition) is 5. The van der Waals surface area contributed by atoms with Gasteiger partial charge in [0, 0.05) is 6.42 Å². The summed E-state index contributed by atoms with van der Waals surface area (Å²) in [7, 11) is -3.98. The maximum Gasteiger partial charge on any atom is 0.321 e. The Morgan fingerprint density at radius 2 is 1.67 bits per heavy atom. The molecule has 1 aromatic rings. The number of rotatable bonds is 7. The van der Waals surface area contributed by atoms with Crippen LogP contribution in [0.3, 0.4) is 0 Å². The van der Waals surface area contributed by atoms with Gasteiger partial charge in [-0.3, -0.25) is 21.3 Å². The van der Waals surface area contributed by atoms with Gasteiger partial charge in [-0.05, 0) is 18.6 Å². The predicted octanol–water partition coefficient (Wildman–Crippen LogP) is -0.898. The number of nitrogens with two attached hydrogens (primary N) is 2. The smallest absolute Gasteiger partial charge is 0.321 e. The number of carbonyl (C=O) groups is 2. The number of benzene rings is 1. The zero-order valence-corrected chi connectivity index (χ0v) is 11.8. The highest BCUT2D eigenvalue weighted by atomic mass is 32.2. The summed E-state index contributed by atoms with van der Waals surface area (Å²) in [5.41, 5.74) is 0. The van der Waals surface area contributed by atoms with Gasteiger partial charge >= 0.3 is 11.9 Å². The van der Waals surface area contributed by atoms with E-state index in [1.165, 1.54) is 24.3 Å². The molecule has 118 valence electrons. The topological polar surface area (TPSA) is 173 Å². The number of aliphatic carboxylic acids is 2. The third-order valence-corrected chi connectivity index (χ3v) is 3.78. The monoisotopic (exact) mass is 319 g/mol. The number of carboxylic acid groups (broad SMARTS) is 2. The molecule has 0 heterocycles. The lowest BCUT2D eigenvalue weighted by atomic mass is 10.2. The molecule has 1 aromatic carbocycles. The van der Waals surface area contributed by atoms with Gasteiger partial charge in [0.2, 0.25) is 10.0 Å². The van der Waals surface area contributed by atoms with Crippen LogP contribution in [0.25, 0.3) is 0 Å². The van der Waals surface area contributed by atoms with E-state index in [9.17, 15) is 18.0 Å². The second-order valence-electron chi connectivity index (χ2n) is 3.76. The minimum Gasteiger partial charge on any atom is -0.481 e. The molecule has 21 heavy (non-hydrogen) atoms. The van der Waals surface area contributed by atoms with Crippen LogP contribution >= 0.6 is 0 Å². The van der Waals surface area contributed by atoms with E-state index in [0.29, 0.717) is 0 Å². The van der Waals surface area contributed by atoms with Crippen molar-refractivity contribution >= 4 is 22.0 Å². The van der Waals surface area contributed by atoms with Crippen molar-refractivity contribution < 1.29 is 28.2 Å². The molecule has 0 saturated heterocycles. The van der Waals surface area contributed by atoms with Gasteiger partial charge in [-0.2, -0.15) is 4.72 Å². The van der Waals surface area contributed by atoms with E-state index in [4.69, 9.17) is 10.2 Å². The zero-order chi connectivity index (χ0) is 16.5. The third kappa shape index (κ3) is 6.81. The highest BCUT2D eigenvalue weighted by Crippen LogP contribution is 2.10. The molecule has 1 rings (SSSR count). The first kappa shape index (κ1) is 19.0. The van der Waals surface area contributed by atoms with Crippen LogP contribution in [0.15, 0.2) is 35.2 Å². The summed E-state index contributed by atoms with van der Waals surface area (Å²) in [5, 5.41) is 17.4. The summed E-state index contributed by atoms with van der Waals surface area (Å²) in [6.45, 7) is 0. The lowest BCUT2D eigenvalue weighted by molar-refractivity contribution is -0.140. The van der Waals surface area contributed by atoms with Crippen LogP contribution in [0, 0.1) is 0 Å². The molecule has 0 unspecified atom stereocenters. The van der Waals surface area contributed by atoms with Crippen molar-refractivity contribution in [3.63, 3.8) is 0 Å². The van der Waals surface area contributed by atoms with Crippen molar-refractivity contribution in [2.24, 2.45) is 11.7 Å². The van der Waals surface area contributed by atoms with Crippen LogP contribution in [0.5, 0.6) is 0 Å². The predicted molar refractivity (Wildman–Crippen MR) is 73.4 cm³/mol. The van der Waals surface area contributed by atoms with E-state index < -0.39 is 34.4 Å². The molecule has 0 aliphatic heterocycles. The second-order valence-corrected chi connectivity index (χ2v) is 5.47. The van der Waals surface area contributed by atoms with E-state index in [2.05, 4.69) is 11.7 Å². The van der Waals surface area contributed by atoms with Crippen molar-refractivity contribution in [3.8, 4) is 0 Å². The second kappa shape index (κ2) is 9.02. The van der Waals surface area contributed by atoms with Crippen LogP contribution < -0.4 is 16.4 Å². The van der Waals surface area contributed by atoms with Gasteiger partial charge < -0.3 is 10.2 Å². The van der Waals surface area contributed by atoms with Gasteiger partial charge in [0.1, 0.15) is 6.04 Å². The molecule has 0 spiro atoms. The third-order valence-electron chi connectivity index (χ3n) is 2.30. The fraction of sp³-hybridized carbons (Fsp3) is 0.273. The summed E-state index contributed by atoms with van der Waals surface area (Å²) in [5.74, 6) is 5.39. The van der Waals surface area contributed by atoms with Gasteiger partial charge in [-0.25, -0.2) is 8.42 Å². The van der Waals surface area contributed by atoms with E-state index in [1.807, 2.05) is 4.72 Å². The van der Waals surface area contributed by atoms with E-state index >= 15 is 0 Å². The van der Waals surface area contributed by atoms with Gasteiger partial charge in [-0.1, -0.05) is 18.2 Å². The average Bonchev–Trinajstić information content (AvgIpc) is 2.46. The molecule has 0 radical (unpaired) electrons. The number of hydrogen-bond acceptors (Lipinski definition) is 6. The molecule has 7 N–H and O–H groups in total. The molecular weight excluding hydrogens is 302 g/mol. The molecule has 10 heteroatoms. The molecule has 0 bridgehead atoms. The Labute approximate surface area is 121 Å². The first-order chi connectivity index (χ1) is 9.83. The standard InChI is InChI=1S/C11H13NO6S.H4N2/c13-10(14)7-6-9(11(15)16)12-19(17,18)8-4-2-1-3-5-8;1-2/h1-5,9,12H,6-7H2,(H,13,14)(H,15,16);1-2H2/t9-;/m1./s1. The molecule has 0 aliphatic carbocycles. The van der Waals surface area contributed by atoms with E-state index in [1.54, 1.807) is 6.07 Å². The Kier molecular flexibility index (Phi) is 8.16. The Hall–Kier alpha value is -2.01. The Balaban J connectivity index is 0.00000191. The minimum atomic E-state index is -3.98. The molecule has 0 saturated carbocycles. The quantitative estimate of drug-likeness (QED) is 0.317. The van der Waals surface area contributed by atoms with Crippen LogP contribution in [0.2, 0.25) is 0 Å². The summed E-state index contributed by atoms with van der Waals surface area (Å²) in [6, 6.07) is 5.79. The number of hydrazine groups is 1. The minimum absolute atomic E-state index is 0.0726. The average molecular weight is 319 g/mol. The van der Waals surface area contributed by atoms with Crippen molar-refractivity contribution in [1.29, 1.82) is 0 Å². The van der Waals surface area contributed by atoms with Crippen LogP contribution in [-0.2, 0) is 19.6 Å². The first-order valence-corrected chi connectivity index (χ1v) is 7.16. The van der Waals surface area contributed by atoms with Crippen molar-refractivity contribution in [2.45, 2.75) is 23.8 Å². The highest BCUT2D eigenvalue weighted by molar-refractivity contribution is 7.89. The number of carboxylic acids is 2. The summed E-state index contributed by atoms with van der Waals surface area (Å²) in [4.78, 5) is 21.2. The first-order valence-electron chi connectivity index (χ1n) is 5.68. The summed E-state index contributed by atoms with van der Waals surface area (Å²) in [6.07, 6.45) is -0.759. The number of nitrogens with one attached hydrogen (secondary N) is 1. The Bertz CT molecular complexity index is 561. The van der Waals surface area contributed by atoms with Crippen LogP contribution in [0.1, 0.15) is 12.8 Å². The lowest BCUT2D eigenvalue weighted by Crippen LogP contribution is -2.41. The summed E-state index contributed by atoms with van der Waals surface area (Å²) >= 11 is 0. The lowest BCUT2D eigenvalue weighted by Gasteiger charge is -2.13. The van der Waals surface area contributed by atoms with Crippen molar-refractivity contribution in [1.82, 2.24) is 4.72 Å². The van der Waals surface area contributed by atoms with Gasteiger partial charge in [0.15, 0.2) is 0 Å². The zero-order valence-electron chi connectivity index (χ0n) is 11.0. The molecule has 0 aromatic heterocycles. The fourth-order valence-corrected chi connectivity index (χ4v) is 2.60. The maximum absolute atomic E-state index is 11.9. The van der Waals surface area contributed by atoms with Crippen molar-refractivity contribution in [2.75, 3.05) is 0 Å². The van der Waals surface area contributed by atoms with Gasteiger partial charge in [0.25, 0.3) is 0 Å². The number of sulfonamides is 1. The molecule has 1 atom stereocenters. The Morgan fingerprint density at radius 3 is 2.10 bits per heavy atom. The normalized spacial score (nSPS) is 11.9. The van der Waals surface area contributed by atoms with Gasteiger partial charge in [-0.15, -0.1) is 0 Å². The molecule has 0 fully saturated rings. The molecule has 0 aliphatic rings. The van der Waals surface area contributed by atoms with E-state index in [0.717, 1.165) is 0 Å². The van der Waals surface area contributed by atoms with Crippen molar-refractivity contribution in [3.05, 3.63) is 30.3 Å².